The smallest absolute Gasteiger partial charge is 0.452 e. The summed E-state index contributed by atoms with van der Waals surface area (Å²) in [7, 11) is -3.25. The van der Waals surface area contributed by atoms with Crippen molar-refractivity contribution in [2.45, 2.75) is 32.6 Å². The van der Waals surface area contributed by atoms with Crippen LogP contribution in [0.2, 0.25) is 0 Å². The summed E-state index contributed by atoms with van der Waals surface area (Å²) in [4.78, 5) is 24.7. The first-order valence-electron chi connectivity index (χ1n) is 11.1. The quantitative estimate of drug-likeness (QED) is 0.196. The molecule has 0 aromatic heterocycles. The van der Waals surface area contributed by atoms with Crippen molar-refractivity contribution in [3.05, 3.63) is 91.0 Å². The Hall–Kier alpha value is -3.58. The van der Waals surface area contributed by atoms with Crippen molar-refractivity contribution < 1.29 is 18.8 Å². The van der Waals surface area contributed by atoms with Gasteiger partial charge in [-0.2, -0.15) is 0 Å². The predicted molar refractivity (Wildman–Crippen MR) is 131 cm³/mol. The molecular weight excluding hydrogens is 432 g/mol. The first-order valence-corrected chi connectivity index (χ1v) is 13.1. The van der Waals surface area contributed by atoms with E-state index in [4.69, 9.17) is 9.16 Å². The molecule has 0 aliphatic heterocycles. The zero-order valence-corrected chi connectivity index (χ0v) is 19.7. The molecule has 33 heavy (non-hydrogen) atoms. The zero-order valence-electron chi connectivity index (χ0n) is 18.7. The van der Waals surface area contributed by atoms with Crippen molar-refractivity contribution in [1.29, 1.82) is 0 Å². The van der Waals surface area contributed by atoms with Gasteiger partial charge in [0.15, 0.2) is 0 Å². The lowest BCUT2D eigenvalue weighted by Gasteiger charge is -2.31. The molecule has 0 bridgehead atoms. The summed E-state index contributed by atoms with van der Waals surface area (Å²) in [5.41, 5.74) is 0. The number of hydrogen-bond donors (Lipinski definition) is 0. The molecule has 7 heteroatoms. The maximum atomic E-state index is 12.8. The Morgan fingerprint density at radius 3 is 1.58 bits per heavy atom. The van der Waals surface area contributed by atoms with Crippen LogP contribution in [0.3, 0.4) is 0 Å². The number of hydrogen-bond acceptors (Lipinski definition) is 4. The van der Waals surface area contributed by atoms with E-state index < -0.39 is 20.5 Å². The van der Waals surface area contributed by atoms with Crippen LogP contribution < -0.4 is 15.6 Å². The fourth-order valence-electron chi connectivity index (χ4n) is 3.65. The Morgan fingerprint density at radius 2 is 1.12 bits per heavy atom. The second-order valence-corrected chi connectivity index (χ2v) is 10.8. The fraction of sp³-hybridized carbons (Fsp3) is 0.231. The molecule has 0 aliphatic rings. The Kier molecular flexibility index (Phi) is 9.08. The molecule has 0 radical (unpaired) electrons. The van der Waals surface area contributed by atoms with Crippen molar-refractivity contribution in [3.63, 3.8) is 0 Å². The molecule has 0 aliphatic carbocycles. The largest absolute Gasteiger partial charge is 0.487 e. The van der Waals surface area contributed by atoms with Gasteiger partial charge in [-0.15, -0.1) is 0 Å². The van der Waals surface area contributed by atoms with E-state index in [9.17, 15) is 9.59 Å². The number of amides is 2. The van der Waals surface area contributed by atoms with Gasteiger partial charge in [0.2, 0.25) is 0 Å². The molecular formula is C26H28N2O4Si. The van der Waals surface area contributed by atoms with Crippen molar-refractivity contribution in [1.82, 2.24) is 0 Å². The molecule has 2 amide bonds. The Labute approximate surface area is 195 Å². The lowest BCUT2D eigenvalue weighted by atomic mass is 10.2. The highest BCUT2D eigenvalue weighted by molar-refractivity contribution is 7.07. The predicted octanol–water partition coefficient (Wildman–Crippen LogP) is 4.96. The van der Waals surface area contributed by atoms with Gasteiger partial charge in [0, 0.05) is 0 Å². The molecule has 0 atom stereocenters. The minimum Gasteiger partial charge on any atom is -0.487 e. The summed E-state index contributed by atoms with van der Waals surface area (Å²) < 4.78 is 11.2. The molecule has 170 valence electrons. The molecule has 3 aromatic carbocycles. The van der Waals surface area contributed by atoms with Crippen molar-refractivity contribution in [3.8, 4) is 0 Å². The highest BCUT2D eigenvalue weighted by Crippen LogP contribution is 2.11. The summed E-state index contributed by atoms with van der Waals surface area (Å²) in [6.07, 6.45) is 2.08. The maximum Gasteiger partial charge on any atom is 0.452 e. The number of benzene rings is 3. The van der Waals surface area contributed by atoms with Crippen LogP contribution in [0.15, 0.2) is 101 Å². The molecule has 0 N–H and O–H groups in total. The molecule has 6 nitrogen and oxygen atoms in total. The second-order valence-electron chi connectivity index (χ2n) is 7.52. The van der Waals surface area contributed by atoms with Gasteiger partial charge in [0.05, 0.1) is 6.61 Å². The van der Waals surface area contributed by atoms with Gasteiger partial charge in [-0.1, -0.05) is 127 Å². The van der Waals surface area contributed by atoms with E-state index in [1.54, 1.807) is 0 Å². The van der Waals surface area contributed by atoms with Gasteiger partial charge in [-0.05, 0) is 22.0 Å². The highest BCUT2D eigenvalue weighted by atomic mass is 28.4. The normalized spacial score (nSPS) is 11.3. The molecule has 0 heterocycles. The Morgan fingerprint density at radius 1 is 0.667 bits per heavy atom. The summed E-state index contributed by atoms with van der Waals surface area (Å²) in [5, 5.41) is 9.58. The van der Waals surface area contributed by atoms with Gasteiger partial charge in [-0.25, -0.2) is 9.59 Å². The maximum absolute atomic E-state index is 12.8. The summed E-state index contributed by atoms with van der Waals surface area (Å²) in [6.45, 7) is 2.36. The first-order chi connectivity index (χ1) is 16.2. The lowest BCUT2D eigenvalue weighted by molar-refractivity contribution is 0.152. The van der Waals surface area contributed by atoms with Crippen LogP contribution in [-0.2, 0) is 9.16 Å². The van der Waals surface area contributed by atoms with Crippen molar-refractivity contribution in [2.75, 3.05) is 6.61 Å². The molecule has 0 spiro atoms. The van der Waals surface area contributed by atoms with E-state index in [2.05, 4.69) is 17.2 Å². The number of nitrogens with zero attached hydrogens (tertiary/aromatic N) is 2. The molecule has 3 rings (SSSR count). The van der Waals surface area contributed by atoms with Gasteiger partial charge >= 0.3 is 20.5 Å². The second kappa shape index (κ2) is 12.5. The van der Waals surface area contributed by atoms with Crippen LogP contribution in [0.4, 0.5) is 9.59 Å². The number of azo groups is 1. The lowest BCUT2D eigenvalue weighted by Crippen LogP contribution is -2.69. The van der Waals surface area contributed by atoms with Crippen LogP contribution in [0.25, 0.3) is 0 Å². The van der Waals surface area contributed by atoms with Gasteiger partial charge < -0.3 is 9.16 Å². The Bertz CT molecular complexity index is 947. The van der Waals surface area contributed by atoms with Crippen LogP contribution in [-0.4, -0.2) is 27.1 Å². The third kappa shape index (κ3) is 6.46. The number of rotatable bonds is 9. The average molecular weight is 461 g/mol. The van der Waals surface area contributed by atoms with Gasteiger partial charge in [-0.3, -0.25) is 0 Å². The molecule has 0 saturated heterocycles. The number of unbranched alkanes of at least 4 members (excludes halogenated alkanes) is 3. The number of carbonyl (C=O) groups excluding carboxylic acids is 2. The van der Waals surface area contributed by atoms with Gasteiger partial charge in [0.25, 0.3) is 0 Å². The van der Waals surface area contributed by atoms with E-state index >= 15 is 0 Å². The summed E-state index contributed by atoms with van der Waals surface area (Å²) in [5.74, 6) is 0. The standard InChI is InChI=1S/C26H28N2O4Si/c1-2-3-4-14-21-31-25(29)27-28-26(30)32-33(22-15-8-5-9-16-22,23-17-10-6-11-18-23)24-19-12-7-13-20-24/h5-13,15-20H,2-4,14,21H2,1H3. The highest BCUT2D eigenvalue weighted by Gasteiger charge is 2.45. The minimum absolute atomic E-state index is 0.254. The topological polar surface area (TPSA) is 77.3 Å². The molecule has 0 fully saturated rings. The SMILES string of the molecule is CCCCCCOC(=O)N=NC(=O)O[Si](c1ccccc1)(c1ccccc1)c1ccccc1. The first kappa shape index (κ1) is 24.1. The summed E-state index contributed by atoms with van der Waals surface area (Å²) >= 11 is 0. The fourth-order valence-corrected chi connectivity index (χ4v) is 7.29. The van der Waals surface area contributed by atoms with E-state index in [1.165, 1.54) is 0 Å². The minimum atomic E-state index is -3.25. The summed E-state index contributed by atoms with van der Waals surface area (Å²) in [6, 6.07) is 28.9. The van der Waals surface area contributed by atoms with Crippen molar-refractivity contribution >= 4 is 36.1 Å². The Balaban J connectivity index is 1.88. The monoisotopic (exact) mass is 460 g/mol. The van der Waals surface area contributed by atoms with Crippen LogP contribution in [0.5, 0.6) is 0 Å². The van der Waals surface area contributed by atoms with Crippen LogP contribution >= 0.6 is 0 Å². The number of carbonyl (C=O) groups is 2. The molecule has 0 saturated carbocycles. The number of ether oxygens (including phenoxy) is 1. The van der Waals surface area contributed by atoms with E-state index in [0.717, 1.165) is 41.2 Å². The molecule has 3 aromatic rings. The average Bonchev–Trinajstić information content (AvgIpc) is 2.87. The van der Waals surface area contributed by atoms with Crippen molar-refractivity contribution in [2.24, 2.45) is 10.2 Å². The van der Waals surface area contributed by atoms with E-state index in [1.807, 2.05) is 91.0 Å². The van der Waals surface area contributed by atoms with Crippen LogP contribution in [0.1, 0.15) is 32.6 Å². The zero-order chi connectivity index (χ0) is 23.4. The van der Waals surface area contributed by atoms with Crippen LogP contribution in [0, 0.1) is 0 Å². The molecule has 0 unspecified atom stereocenters. The van der Waals surface area contributed by atoms with E-state index in [-0.39, 0.29) is 6.61 Å². The third-order valence-corrected chi connectivity index (χ3v) is 9.14. The van der Waals surface area contributed by atoms with Gasteiger partial charge in [0.1, 0.15) is 0 Å². The van der Waals surface area contributed by atoms with E-state index in [0.29, 0.717) is 0 Å². The third-order valence-electron chi connectivity index (χ3n) is 5.22.